The van der Waals surface area contributed by atoms with E-state index in [0.29, 0.717) is 5.54 Å². The van der Waals surface area contributed by atoms with E-state index in [9.17, 15) is 0 Å². The molecule has 0 amide bonds. The van der Waals surface area contributed by atoms with Crippen molar-refractivity contribution in [1.29, 1.82) is 0 Å². The number of thiophene rings is 1. The van der Waals surface area contributed by atoms with Gasteiger partial charge in [-0.25, -0.2) is 0 Å². The van der Waals surface area contributed by atoms with Crippen LogP contribution in [0.1, 0.15) is 22.4 Å². The Bertz CT molecular complexity index is 790. The van der Waals surface area contributed by atoms with Gasteiger partial charge in [0.25, 0.3) is 0 Å². The summed E-state index contributed by atoms with van der Waals surface area (Å²) in [5.41, 5.74) is 4.85. The normalized spacial score (nSPS) is 19.5. The molecule has 0 saturated carbocycles. The summed E-state index contributed by atoms with van der Waals surface area (Å²) in [4.78, 5) is 1.59. The van der Waals surface area contributed by atoms with Crippen LogP contribution < -0.4 is 0 Å². The monoisotopic (exact) mass is 320 g/mol. The first-order valence-electron chi connectivity index (χ1n) is 7.89. The standard InChI is InChI=1S/C20H20SSi/c1-22(2,16-10-6-7-11-16)19-13-12-17-18(14-21-20(17)19)15-8-4-3-5-9-15/h3-10,12-14,19H,11H2,1-2H3. The average Bonchev–Trinajstić information content (AvgIpc) is 3.25. The van der Waals surface area contributed by atoms with Crippen LogP contribution in [0.3, 0.4) is 0 Å². The van der Waals surface area contributed by atoms with E-state index in [0.717, 1.165) is 6.42 Å². The Morgan fingerprint density at radius 3 is 2.68 bits per heavy atom. The second-order valence-electron chi connectivity index (χ2n) is 6.68. The van der Waals surface area contributed by atoms with Gasteiger partial charge in [-0.15, -0.1) is 11.3 Å². The van der Waals surface area contributed by atoms with E-state index in [-0.39, 0.29) is 0 Å². The zero-order chi connectivity index (χ0) is 15.2. The fourth-order valence-electron chi connectivity index (χ4n) is 3.61. The van der Waals surface area contributed by atoms with Crippen LogP contribution in [-0.2, 0) is 0 Å². The molecule has 0 spiro atoms. The molecular weight excluding hydrogens is 300 g/mol. The summed E-state index contributed by atoms with van der Waals surface area (Å²) < 4.78 is 0. The summed E-state index contributed by atoms with van der Waals surface area (Å²) in [6.07, 6.45) is 12.9. The van der Waals surface area contributed by atoms with Gasteiger partial charge in [0, 0.05) is 10.4 Å². The molecule has 22 heavy (non-hydrogen) atoms. The maximum Gasteiger partial charge on any atom is 0.0883 e. The first kappa shape index (κ1) is 14.0. The van der Waals surface area contributed by atoms with Gasteiger partial charge in [-0.1, -0.05) is 79.0 Å². The third kappa shape index (κ3) is 2.10. The van der Waals surface area contributed by atoms with Crippen LogP contribution >= 0.6 is 11.3 Å². The Labute approximate surface area is 137 Å². The van der Waals surface area contributed by atoms with Gasteiger partial charge in [-0.2, -0.15) is 0 Å². The fourth-order valence-corrected chi connectivity index (χ4v) is 8.69. The van der Waals surface area contributed by atoms with E-state index in [1.54, 1.807) is 10.1 Å². The molecule has 1 aromatic carbocycles. The minimum Gasteiger partial charge on any atom is -0.147 e. The first-order chi connectivity index (χ1) is 10.7. The molecule has 4 rings (SSSR count). The van der Waals surface area contributed by atoms with Gasteiger partial charge in [0.1, 0.15) is 0 Å². The van der Waals surface area contributed by atoms with Crippen LogP contribution in [0.15, 0.2) is 65.2 Å². The lowest BCUT2D eigenvalue weighted by Crippen LogP contribution is -2.35. The van der Waals surface area contributed by atoms with Gasteiger partial charge in [0.15, 0.2) is 0 Å². The van der Waals surface area contributed by atoms with E-state index >= 15 is 0 Å². The highest BCUT2D eigenvalue weighted by atomic mass is 32.1. The maximum absolute atomic E-state index is 2.53. The highest BCUT2D eigenvalue weighted by Crippen LogP contribution is 2.47. The highest BCUT2D eigenvalue weighted by molar-refractivity contribution is 7.12. The Morgan fingerprint density at radius 1 is 1.14 bits per heavy atom. The van der Waals surface area contributed by atoms with Crippen molar-refractivity contribution in [3.8, 4) is 11.1 Å². The molecule has 0 bridgehead atoms. The van der Waals surface area contributed by atoms with E-state index in [2.05, 4.69) is 79.2 Å². The quantitative estimate of drug-likeness (QED) is 0.591. The van der Waals surface area contributed by atoms with Gasteiger partial charge < -0.3 is 0 Å². The molecule has 2 heteroatoms. The minimum atomic E-state index is -1.45. The molecule has 1 heterocycles. The van der Waals surface area contributed by atoms with Crippen LogP contribution in [0.25, 0.3) is 17.2 Å². The second-order valence-corrected chi connectivity index (χ2v) is 12.3. The van der Waals surface area contributed by atoms with Crippen molar-refractivity contribution in [2.24, 2.45) is 0 Å². The van der Waals surface area contributed by atoms with E-state index in [4.69, 9.17) is 0 Å². The van der Waals surface area contributed by atoms with Gasteiger partial charge >= 0.3 is 0 Å². The lowest BCUT2D eigenvalue weighted by atomic mass is 10.0. The second kappa shape index (κ2) is 5.22. The molecular formula is C20H20SSi. The van der Waals surface area contributed by atoms with Crippen molar-refractivity contribution in [3.05, 3.63) is 75.7 Å². The van der Waals surface area contributed by atoms with Crippen molar-refractivity contribution >= 4 is 25.5 Å². The molecule has 0 radical (unpaired) electrons. The zero-order valence-corrected chi connectivity index (χ0v) is 14.9. The SMILES string of the molecule is C[Si](C)(C1=CC=CC1)C1C=Cc2c(-c3ccccc3)csc21. The number of allylic oxidation sites excluding steroid dienone is 5. The molecule has 0 saturated heterocycles. The molecule has 1 aromatic heterocycles. The molecule has 2 aromatic rings. The largest absolute Gasteiger partial charge is 0.147 e. The van der Waals surface area contributed by atoms with Crippen molar-refractivity contribution in [2.45, 2.75) is 25.1 Å². The summed E-state index contributed by atoms with van der Waals surface area (Å²) in [6.45, 7) is 5.05. The van der Waals surface area contributed by atoms with Crippen molar-refractivity contribution < 1.29 is 0 Å². The Balaban J connectivity index is 1.73. The van der Waals surface area contributed by atoms with Crippen molar-refractivity contribution in [1.82, 2.24) is 0 Å². The average molecular weight is 321 g/mol. The minimum absolute atomic E-state index is 0.635. The lowest BCUT2D eigenvalue weighted by molar-refractivity contribution is 1.18. The molecule has 0 N–H and O–H groups in total. The van der Waals surface area contributed by atoms with E-state index < -0.39 is 8.07 Å². The third-order valence-corrected chi connectivity index (χ3v) is 10.4. The lowest BCUT2D eigenvalue weighted by Gasteiger charge is -2.30. The van der Waals surface area contributed by atoms with E-state index in [1.165, 1.54) is 16.7 Å². The summed E-state index contributed by atoms with van der Waals surface area (Å²) in [5, 5.41) is 4.03. The molecule has 1 unspecified atom stereocenters. The predicted molar refractivity (Wildman–Crippen MR) is 101 cm³/mol. The van der Waals surface area contributed by atoms with Crippen LogP contribution in [0.5, 0.6) is 0 Å². The molecule has 0 nitrogen and oxygen atoms in total. The maximum atomic E-state index is 2.53. The van der Waals surface area contributed by atoms with Crippen molar-refractivity contribution in [3.63, 3.8) is 0 Å². The summed E-state index contributed by atoms with van der Waals surface area (Å²) in [6, 6.07) is 10.8. The predicted octanol–water partition coefficient (Wildman–Crippen LogP) is 6.20. The summed E-state index contributed by atoms with van der Waals surface area (Å²) in [5.74, 6) is 0. The molecule has 110 valence electrons. The smallest absolute Gasteiger partial charge is 0.0883 e. The Hall–Kier alpha value is -1.64. The summed E-state index contributed by atoms with van der Waals surface area (Å²) in [7, 11) is -1.45. The first-order valence-corrected chi connectivity index (χ1v) is 11.8. The number of benzene rings is 1. The molecule has 2 aliphatic carbocycles. The molecule has 0 fully saturated rings. The van der Waals surface area contributed by atoms with Gasteiger partial charge in [0.05, 0.1) is 8.07 Å². The number of hydrogen-bond donors (Lipinski definition) is 0. The molecule has 1 atom stereocenters. The van der Waals surface area contributed by atoms with Gasteiger partial charge in [0.2, 0.25) is 0 Å². The zero-order valence-electron chi connectivity index (χ0n) is 13.0. The molecule has 2 aliphatic rings. The topological polar surface area (TPSA) is 0 Å². The van der Waals surface area contributed by atoms with Crippen molar-refractivity contribution in [2.75, 3.05) is 0 Å². The number of rotatable bonds is 3. The van der Waals surface area contributed by atoms with Crippen LogP contribution in [0, 0.1) is 0 Å². The van der Waals surface area contributed by atoms with E-state index in [1.807, 2.05) is 11.3 Å². The van der Waals surface area contributed by atoms with Crippen LogP contribution in [-0.4, -0.2) is 8.07 Å². The Morgan fingerprint density at radius 2 is 1.95 bits per heavy atom. The van der Waals surface area contributed by atoms with Gasteiger partial charge in [-0.05, 0) is 28.5 Å². The number of hydrogen-bond acceptors (Lipinski definition) is 1. The third-order valence-electron chi connectivity index (χ3n) is 5.06. The number of fused-ring (bicyclic) bond motifs is 1. The fraction of sp³-hybridized carbons (Fsp3) is 0.200. The highest BCUT2D eigenvalue weighted by Gasteiger charge is 2.39. The van der Waals surface area contributed by atoms with Gasteiger partial charge in [-0.3, -0.25) is 0 Å². The summed E-state index contributed by atoms with van der Waals surface area (Å²) >= 11 is 1.95. The Kier molecular flexibility index (Phi) is 3.32. The van der Waals surface area contributed by atoms with Crippen LogP contribution in [0.2, 0.25) is 13.1 Å². The molecule has 0 aliphatic heterocycles. The van der Waals surface area contributed by atoms with Crippen LogP contribution in [0.4, 0.5) is 0 Å².